The lowest BCUT2D eigenvalue weighted by Gasteiger charge is -2.56. The van der Waals surface area contributed by atoms with Crippen molar-refractivity contribution in [1.29, 1.82) is 0 Å². The Labute approximate surface area is 140 Å². The van der Waals surface area contributed by atoms with E-state index in [1.165, 1.54) is 31.3 Å². The molecule has 0 aliphatic heterocycles. The van der Waals surface area contributed by atoms with Crippen LogP contribution < -0.4 is 0 Å². The third kappa shape index (κ3) is 2.10. The van der Waals surface area contributed by atoms with E-state index in [-0.39, 0.29) is 0 Å². The zero-order valence-corrected chi connectivity index (χ0v) is 14.3. The Morgan fingerprint density at radius 2 is 2.17 bits per heavy atom. The average Bonchev–Trinajstić information content (AvgIpc) is 2.89. The Balaban J connectivity index is 1.71. The third-order valence-electron chi connectivity index (χ3n) is 7.90. The fourth-order valence-electron chi connectivity index (χ4n) is 6.80. The van der Waals surface area contributed by atoms with Gasteiger partial charge in [0.05, 0.1) is 0 Å². The maximum Gasteiger partial charge on any atom is 0.155 e. The van der Waals surface area contributed by atoms with Gasteiger partial charge in [0.15, 0.2) is 5.78 Å². The summed E-state index contributed by atoms with van der Waals surface area (Å²) in [5.41, 5.74) is 1.77. The van der Waals surface area contributed by atoms with Crippen molar-refractivity contribution in [3.05, 3.63) is 24.3 Å². The molecule has 0 aromatic carbocycles. The van der Waals surface area contributed by atoms with Gasteiger partial charge in [0.2, 0.25) is 0 Å². The van der Waals surface area contributed by atoms with Gasteiger partial charge in [-0.2, -0.15) is 0 Å². The lowest BCUT2D eigenvalue weighted by atomic mass is 9.49. The molecule has 4 aliphatic carbocycles. The predicted molar refractivity (Wildman–Crippen MR) is 93.5 cm³/mol. The first-order chi connectivity index (χ1) is 11.1. The lowest BCUT2D eigenvalue weighted by molar-refractivity contribution is -0.116. The molecule has 0 unspecified atom stereocenters. The Morgan fingerprint density at radius 1 is 1.35 bits per heavy atom. The molecule has 7 atom stereocenters. The van der Waals surface area contributed by atoms with Crippen LogP contribution in [0.3, 0.4) is 0 Å². The molecule has 0 amide bonds. The smallest absolute Gasteiger partial charge is 0.155 e. The minimum atomic E-state index is 0.336. The van der Waals surface area contributed by atoms with E-state index in [1.807, 2.05) is 6.08 Å². The number of allylic oxidation sites excluding steroid dienone is 2. The number of terminal acetylenes is 1. The summed E-state index contributed by atoms with van der Waals surface area (Å²) in [5.74, 6) is 7.35. The first kappa shape index (κ1) is 15.3. The molecule has 1 nitrogen and oxygen atoms in total. The lowest BCUT2D eigenvalue weighted by Crippen LogP contribution is -2.49. The Morgan fingerprint density at radius 3 is 2.91 bits per heavy atom. The van der Waals surface area contributed by atoms with Crippen molar-refractivity contribution in [2.75, 3.05) is 0 Å². The quantitative estimate of drug-likeness (QED) is 0.503. The molecule has 3 saturated carbocycles. The molecule has 4 rings (SSSR count). The second kappa shape index (κ2) is 5.37. The van der Waals surface area contributed by atoms with Gasteiger partial charge in [0, 0.05) is 12.3 Å². The highest BCUT2D eigenvalue weighted by atomic mass is 16.1. The monoisotopic (exact) mass is 308 g/mol. The van der Waals surface area contributed by atoms with E-state index < -0.39 is 0 Å². The summed E-state index contributed by atoms with van der Waals surface area (Å²) in [6.07, 6.45) is 18.0. The van der Waals surface area contributed by atoms with Crippen molar-refractivity contribution in [3.63, 3.8) is 0 Å². The predicted octanol–water partition coefficient (Wildman–Crippen LogP) is 4.79. The summed E-state index contributed by atoms with van der Waals surface area (Å²) >= 11 is 0. The molecular weight excluding hydrogens is 280 g/mol. The molecule has 0 radical (unpaired) electrons. The van der Waals surface area contributed by atoms with Crippen LogP contribution in [0.4, 0.5) is 0 Å². The van der Waals surface area contributed by atoms with Crippen LogP contribution >= 0.6 is 0 Å². The second-order valence-corrected chi connectivity index (χ2v) is 8.62. The molecule has 0 bridgehead atoms. The van der Waals surface area contributed by atoms with Crippen LogP contribution in [-0.2, 0) is 4.79 Å². The number of ketones is 1. The largest absolute Gasteiger partial charge is 0.295 e. The van der Waals surface area contributed by atoms with Gasteiger partial charge in [-0.15, -0.1) is 18.9 Å². The Bertz CT molecular complexity index is 606. The maximum atomic E-state index is 11.9. The zero-order valence-electron chi connectivity index (χ0n) is 14.3. The standard InChI is InChI=1S/C22H28O/c1-4-14-12-15-13-17(23)7-8-18(15)19-10-11-22(3)16(5-2)6-9-20(22)21(14)19/h2,4,13-14,16,18-21H,1,6-12H2,3H3/t14-,16-,18-,19+,20-,21+,22+/m0/s1. The SMILES string of the molecule is C#C[C@H]1CC[C@H]2[C@H]3[C@H](CC[C@]12C)[C@H]1CCC(=O)C=C1C[C@@H]3C=C. The summed E-state index contributed by atoms with van der Waals surface area (Å²) in [6.45, 7) is 6.62. The van der Waals surface area contributed by atoms with Crippen LogP contribution in [0, 0.1) is 53.3 Å². The van der Waals surface area contributed by atoms with Crippen molar-refractivity contribution in [3.8, 4) is 12.3 Å². The highest BCUT2D eigenvalue weighted by molar-refractivity contribution is 5.91. The van der Waals surface area contributed by atoms with E-state index in [4.69, 9.17) is 6.42 Å². The molecule has 0 saturated heterocycles. The van der Waals surface area contributed by atoms with Crippen molar-refractivity contribution in [1.82, 2.24) is 0 Å². The molecule has 0 N–H and O–H groups in total. The molecule has 0 aromatic rings. The van der Waals surface area contributed by atoms with E-state index >= 15 is 0 Å². The highest BCUT2D eigenvalue weighted by Crippen LogP contribution is 2.64. The summed E-state index contributed by atoms with van der Waals surface area (Å²) in [6, 6.07) is 0. The van der Waals surface area contributed by atoms with Crippen molar-refractivity contribution >= 4 is 5.78 Å². The van der Waals surface area contributed by atoms with Gasteiger partial charge >= 0.3 is 0 Å². The normalized spacial score (nSPS) is 48.5. The molecule has 0 heterocycles. The van der Waals surface area contributed by atoms with E-state index in [0.717, 1.165) is 37.0 Å². The van der Waals surface area contributed by atoms with Crippen LogP contribution in [0.1, 0.15) is 51.9 Å². The zero-order chi connectivity index (χ0) is 16.2. The van der Waals surface area contributed by atoms with Crippen LogP contribution in [-0.4, -0.2) is 5.78 Å². The maximum absolute atomic E-state index is 11.9. The summed E-state index contributed by atoms with van der Waals surface area (Å²) in [4.78, 5) is 11.9. The molecule has 0 spiro atoms. The number of carbonyl (C=O) groups excluding carboxylic acids is 1. The second-order valence-electron chi connectivity index (χ2n) is 8.62. The van der Waals surface area contributed by atoms with Gasteiger partial charge in [-0.05, 0) is 79.6 Å². The molecule has 3 fully saturated rings. The number of fused-ring (bicyclic) bond motifs is 5. The first-order valence-corrected chi connectivity index (χ1v) is 9.40. The van der Waals surface area contributed by atoms with Crippen molar-refractivity contribution < 1.29 is 4.79 Å². The van der Waals surface area contributed by atoms with E-state index in [0.29, 0.717) is 29.0 Å². The summed E-state index contributed by atoms with van der Waals surface area (Å²) in [5, 5.41) is 0. The molecule has 1 heteroatoms. The minimum absolute atomic E-state index is 0.336. The van der Waals surface area contributed by atoms with Gasteiger partial charge in [-0.1, -0.05) is 18.6 Å². The first-order valence-electron chi connectivity index (χ1n) is 9.40. The van der Waals surface area contributed by atoms with E-state index in [2.05, 4.69) is 25.5 Å². The molecule has 122 valence electrons. The fraction of sp³-hybridized carbons (Fsp3) is 0.682. The van der Waals surface area contributed by atoms with Crippen LogP contribution in [0.15, 0.2) is 24.3 Å². The van der Waals surface area contributed by atoms with Crippen molar-refractivity contribution in [2.24, 2.45) is 40.9 Å². The van der Waals surface area contributed by atoms with Gasteiger partial charge in [0.25, 0.3) is 0 Å². The number of rotatable bonds is 1. The number of carbonyl (C=O) groups is 1. The number of hydrogen-bond acceptors (Lipinski definition) is 1. The number of hydrogen-bond donors (Lipinski definition) is 0. The Kier molecular flexibility index (Phi) is 3.56. The van der Waals surface area contributed by atoms with E-state index in [9.17, 15) is 4.79 Å². The highest BCUT2D eigenvalue weighted by Gasteiger charge is 2.57. The molecule has 4 aliphatic rings. The molecular formula is C22H28O. The summed E-state index contributed by atoms with van der Waals surface area (Å²) < 4.78 is 0. The third-order valence-corrected chi connectivity index (χ3v) is 7.90. The van der Waals surface area contributed by atoms with Gasteiger partial charge < -0.3 is 0 Å². The summed E-state index contributed by atoms with van der Waals surface area (Å²) in [7, 11) is 0. The van der Waals surface area contributed by atoms with Crippen LogP contribution in [0.5, 0.6) is 0 Å². The van der Waals surface area contributed by atoms with Gasteiger partial charge in [-0.25, -0.2) is 0 Å². The molecule has 23 heavy (non-hydrogen) atoms. The van der Waals surface area contributed by atoms with Gasteiger partial charge in [-0.3, -0.25) is 4.79 Å². The van der Waals surface area contributed by atoms with Crippen LogP contribution in [0.2, 0.25) is 0 Å². The molecule has 0 aromatic heterocycles. The average molecular weight is 308 g/mol. The van der Waals surface area contributed by atoms with Gasteiger partial charge in [0.1, 0.15) is 0 Å². The Hall–Kier alpha value is -1.29. The minimum Gasteiger partial charge on any atom is -0.295 e. The van der Waals surface area contributed by atoms with Crippen LogP contribution in [0.25, 0.3) is 0 Å². The van der Waals surface area contributed by atoms with Crippen molar-refractivity contribution in [2.45, 2.75) is 51.9 Å². The van der Waals surface area contributed by atoms with E-state index in [1.54, 1.807) is 0 Å². The topological polar surface area (TPSA) is 17.1 Å². The fourth-order valence-corrected chi connectivity index (χ4v) is 6.80.